The van der Waals surface area contributed by atoms with Crippen molar-refractivity contribution < 1.29 is 18.7 Å². The second-order valence-corrected chi connectivity index (χ2v) is 4.69. The number of methoxy groups -OCH3 is 1. The number of carbonyl (C=O) groups excluding carboxylic acids is 1. The summed E-state index contributed by atoms with van der Waals surface area (Å²) in [5.74, 6) is 0.612. The number of morpholine rings is 1. The average molecular weight is 276 g/mol. The SMILES string of the molecule is COC(=O)CC1CN(c2nccc3occc23)CCO1. The Bertz CT molecular complexity index is 610. The van der Waals surface area contributed by atoms with Crippen molar-refractivity contribution in [2.45, 2.75) is 12.5 Å². The molecule has 1 aliphatic rings. The summed E-state index contributed by atoms with van der Waals surface area (Å²) in [7, 11) is 1.39. The van der Waals surface area contributed by atoms with Gasteiger partial charge in [0.2, 0.25) is 0 Å². The van der Waals surface area contributed by atoms with E-state index in [1.807, 2.05) is 12.1 Å². The predicted octanol–water partition coefficient (Wildman–Crippen LogP) is 1.60. The molecule has 106 valence electrons. The van der Waals surface area contributed by atoms with Gasteiger partial charge in [-0.05, 0) is 12.1 Å². The van der Waals surface area contributed by atoms with Crippen LogP contribution >= 0.6 is 0 Å². The number of esters is 1. The van der Waals surface area contributed by atoms with Gasteiger partial charge in [-0.3, -0.25) is 4.79 Å². The zero-order valence-electron chi connectivity index (χ0n) is 11.2. The summed E-state index contributed by atoms with van der Waals surface area (Å²) in [5.41, 5.74) is 0.811. The molecule has 0 amide bonds. The largest absolute Gasteiger partial charge is 0.469 e. The fourth-order valence-electron chi connectivity index (χ4n) is 2.44. The fraction of sp³-hybridized carbons (Fsp3) is 0.429. The highest BCUT2D eigenvalue weighted by molar-refractivity contribution is 5.88. The molecule has 1 unspecified atom stereocenters. The Balaban J connectivity index is 1.79. The van der Waals surface area contributed by atoms with Gasteiger partial charge < -0.3 is 18.8 Å². The molecule has 3 rings (SSSR count). The molecule has 0 aromatic carbocycles. The molecule has 6 nitrogen and oxygen atoms in total. The van der Waals surface area contributed by atoms with Crippen molar-refractivity contribution in [3.63, 3.8) is 0 Å². The van der Waals surface area contributed by atoms with Crippen LogP contribution in [0.5, 0.6) is 0 Å². The Kier molecular flexibility index (Phi) is 3.56. The summed E-state index contributed by atoms with van der Waals surface area (Å²) in [5, 5.41) is 0.978. The van der Waals surface area contributed by atoms with Crippen LogP contribution in [0.15, 0.2) is 29.0 Å². The zero-order valence-corrected chi connectivity index (χ0v) is 11.2. The van der Waals surface area contributed by atoms with Crippen molar-refractivity contribution >= 4 is 22.8 Å². The van der Waals surface area contributed by atoms with Crippen LogP contribution < -0.4 is 4.90 Å². The number of pyridine rings is 1. The van der Waals surface area contributed by atoms with Crippen LogP contribution in [0, 0.1) is 0 Å². The molecule has 0 aliphatic carbocycles. The molecule has 0 saturated carbocycles. The van der Waals surface area contributed by atoms with Gasteiger partial charge in [0.1, 0.15) is 11.4 Å². The first kappa shape index (κ1) is 12.9. The van der Waals surface area contributed by atoms with Crippen LogP contribution in [0.1, 0.15) is 6.42 Å². The van der Waals surface area contributed by atoms with Crippen LogP contribution in [-0.2, 0) is 14.3 Å². The molecule has 1 aliphatic heterocycles. The standard InChI is InChI=1S/C14H16N2O4/c1-18-13(17)8-10-9-16(5-7-19-10)14-11-3-6-20-12(11)2-4-15-14/h2-4,6,10H,5,7-9H2,1H3. The summed E-state index contributed by atoms with van der Waals surface area (Å²) in [4.78, 5) is 17.9. The summed E-state index contributed by atoms with van der Waals surface area (Å²) in [6.45, 7) is 1.93. The molecule has 0 N–H and O–H groups in total. The normalized spacial score (nSPS) is 19.2. The lowest BCUT2D eigenvalue weighted by atomic mass is 10.2. The van der Waals surface area contributed by atoms with Crippen LogP contribution in [-0.4, -0.2) is 43.9 Å². The third kappa shape index (κ3) is 2.46. The first-order valence-corrected chi connectivity index (χ1v) is 6.53. The molecule has 2 aromatic rings. The smallest absolute Gasteiger partial charge is 0.308 e. The third-order valence-corrected chi connectivity index (χ3v) is 3.42. The predicted molar refractivity (Wildman–Crippen MR) is 72.6 cm³/mol. The number of ether oxygens (including phenoxy) is 2. The van der Waals surface area contributed by atoms with Gasteiger partial charge in [-0.25, -0.2) is 4.98 Å². The molecule has 0 spiro atoms. The molecular formula is C14H16N2O4. The quantitative estimate of drug-likeness (QED) is 0.793. The average Bonchev–Trinajstić information content (AvgIpc) is 2.95. The van der Waals surface area contributed by atoms with Gasteiger partial charge in [0.15, 0.2) is 0 Å². The van der Waals surface area contributed by atoms with Crippen molar-refractivity contribution in [3.05, 3.63) is 24.6 Å². The highest BCUT2D eigenvalue weighted by Gasteiger charge is 2.25. The lowest BCUT2D eigenvalue weighted by Gasteiger charge is -2.33. The molecule has 20 heavy (non-hydrogen) atoms. The number of nitrogens with zero attached hydrogens (tertiary/aromatic N) is 2. The van der Waals surface area contributed by atoms with Gasteiger partial charge in [-0.15, -0.1) is 0 Å². The maximum atomic E-state index is 11.3. The van der Waals surface area contributed by atoms with Gasteiger partial charge in [0, 0.05) is 19.3 Å². The minimum Gasteiger partial charge on any atom is -0.469 e. The number of aromatic nitrogens is 1. The number of fused-ring (bicyclic) bond motifs is 1. The van der Waals surface area contributed by atoms with Crippen LogP contribution in [0.25, 0.3) is 11.0 Å². The highest BCUT2D eigenvalue weighted by atomic mass is 16.5. The number of hydrogen-bond donors (Lipinski definition) is 0. The molecule has 6 heteroatoms. The maximum Gasteiger partial charge on any atom is 0.308 e. The molecule has 1 fully saturated rings. The van der Waals surface area contributed by atoms with E-state index in [0.717, 1.165) is 23.3 Å². The van der Waals surface area contributed by atoms with Crippen molar-refractivity contribution in [3.8, 4) is 0 Å². The first-order valence-electron chi connectivity index (χ1n) is 6.53. The molecular weight excluding hydrogens is 260 g/mol. The van der Waals surface area contributed by atoms with Crippen LogP contribution in [0.2, 0.25) is 0 Å². The molecule has 0 bridgehead atoms. The molecule has 0 radical (unpaired) electrons. The van der Waals surface area contributed by atoms with Crippen molar-refractivity contribution in [1.82, 2.24) is 4.98 Å². The van der Waals surface area contributed by atoms with E-state index in [0.29, 0.717) is 13.2 Å². The summed E-state index contributed by atoms with van der Waals surface area (Å²) in [6.07, 6.45) is 3.47. The van der Waals surface area contributed by atoms with Crippen LogP contribution in [0.4, 0.5) is 5.82 Å². The number of carbonyl (C=O) groups is 1. The van der Waals surface area contributed by atoms with Crippen LogP contribution in [0.3, 0.4) is 0 Å². The third-order valence-electron chi connectivity index (χ3n) is 3.42. The Hall–Kier alpha value is -2.08. The van der Waals surface area contributed by atoms with E-state index in [1.54, 1.807) is 12.5 Å². The Labute approximate surface area is 116 Å². The van der Waals surface area contributed by atoms with E-state index in [-0.39, 0.29) is 18.5 Å². The molecule has 1 atom stereocenters. The molecule has 1 saturated heterocycles. The van der Waals surface area contributed by atoms with E-state index in [4.69, 9.17) is 9.15 Å². The van der Waals surface area contributed by atoms with E-state index in [2.05, 4.69) is 14.6 Å². The Morgan fingerprint density at radius 3 is 3.30 bits per heavy atom. The van der Waals surface area contributed by atoms with Gasteiger partial charge in [0.25, 0.3) is 0 Å². The topological polar surface area (TPSA) is 64.8 Å². The van der Waals surface area contributed by atoms with Gasteiger partial charge in [-0.1, -0.05) is 0 Å². The summed E-state index contributed by atoms with van der Waals surface area (Å²) < 4.78 is 15.7. The molecule has 2 aromatic heterocycles. The number of hydrogen-bond acceptors (Lipinski definition) is 6. The minimum atomic E-state index is -0.258. The summed E-state index contributed by atoms with van der Waals surface area (Å²) >= 11 is 0. The second kappa shape index (κ2) is 5.50. The molecule has 3 heterocycles. The lowest BCUT2D eigenvalue weighted by molar-refractivity contribution is -0.144. The summed E-state index contributed by atoms with van der Waals surface area (Å²) in [6, 6.07) is 3.74. The van der Waals surface area contributed by atoms with E-state index in [9.17, 15) is 4.79 Å². The van der Waals surface area contributed by atoms with E-state index >= 15 is 0 Å². The monoisotopic (exact) mass is 276 g/mol. The van der Waals surface area contributed by atoms with Gasteiger partial charge >= 0.3 is 5.97 Å². The Morgan fingerprint density at radius 1 is 1.55 bits per heavy atom. The van der Waals surface area contributed by atoms with Gasteiger partial charge in [-0.2, -0.15) is 0 Å². The van der Waals surface area contributed by atoms with Crippen molar-refractivity contribution in [2.24, 2.45) is 0 Å². The lowest BCUT2D eigenvalue weighted by Crippen LogP contribution is -2.43. The number of furan rings is 1. The maximum absolute atomic E-state index is 11.3. The second-order valence-electron chi connectivity index (χ2n) is 4.69. The zero-order chi connectivity index (χ0) is 13.9. The number of rotatable bonds is 3. The van der Waals surface area contributed by atoms with Gasteiger partial charge in [0.05, 0.1) is 37.9 Å². The van der Waals surface area contributed by atoms with E-state index < -0.39 is 0 Å². The minimum absolute atomic E-state index is 0.167. The van der Waals surface area contributed by atoms with Crippen molar-refractivity contribution in [2.75, 3.05) is 31.7 Å². The fourth-order valence-corrected chi connectivity index (χ4v) is 2.44. The highest BCUT2D eigenvalue weighted by Crippen LogP contribution is 2.26. The first-order chi connectivity index (χ1) is 9.78. The van der Waals surface area contributed by atoms with E-state index in [1.165, 1.54) is 7.11 Å². The Morgan fingerprint density at radius 2 is 2.45 bits per heavy atom. The number of anilines is 1. The van der Waals surface area contributed by atoms with Crippen molar-refractivity contribution in [1.29, 1.82) is 0 Å².